The normalized spacial score (nSPS) is 28.8. The van der Waals surface area contributed by atoms with Gasteiger partial charge in [0.1, 0.15) is 0 Å². The highest BCUT2D eigenvalue weighted by Gasteiger charge is 2.17. The Bertz CT molecular complexity index is 202. The fraction of sp³-hybridized carbons (Fsp3) is 0.727. The maximum absolute atomic E-state index is 4.16. The van der Waals surface area contributed by atoms with Crippen molar-refractivity contribution in [3.63, 3.8) is 0 Å². The van der Waals surface area contributed by atoms with E-state index in [1.165, 1.54) is 38.5 Å². The summed E-state index contributed by atoms with van der Waals surface area (Å²) in [7, 11) is 0. The van der Waals surface area contributed by atoms with Gasteiger partial charge in [-0.3, -0.25) is 4.99 Å². The summed E-state index contributed by atoms with van der Waals surface area (Å²) in [5.74, 6) is 0.934. The van der Waals surface area contributed by atoms with Crippen LogP contribution in [0.25, 0.3) is 0 Å². The smallest absolute Gasteiger partial charge is 0.0613 e. The minimum atomic E-state index is 0.494. The van der Waals surface area contributed by atoms with Crippen LogP contribution in [-0.4, -0.2) is 12.3 Å². The van der Waals surface area contributed by atoms with Crippen LogP contribution in [0.2, 0.25) is 0 Å². The van der Waals surface area contributed by atoms with Crippen LogP contribution < -0.4 is 5.32 Å². The Labute approximate surface area is 80.1 Å². The second-order valence-electron chi connectivity index (χ2n) is 4.13. The maximum atomic E-state index is 4.16. The lowest BCUT2D eigenvalue weighted by molar-refractivity contribution is 0.327. The fourth-order valence-corrected chi connectivity index (χ4v) is 2.32. The average Bonchev–Trinajstić information content (AvgIpc) is 2.21. The molecule has 1 fully saturated rings. The molecule has 0 radical (unpaired) electrons. The summed E-state index contributed by atoms with van der Waals surface area (Å²) in [4.78, 5) is 4.16. The summed E-state index contributed by atoms with van der Waals surface area (Å²) in [6.45, 7) is 0. The predicted octanol–water partition coefficient (Wildman–Crippen LogP) is 2.47. The second-order valence-corrected chi connectivity index (χ2v) is 4.13. The standard InChI is InChI=1S/C11H18N2/c1-2-4-10(5-3-1)8-11-9-12-6-7-13-11/h6-7,9-11,13H,1-5,8H2. The molecule has 1 aliphatic carbocycles. The molecule has 2 rings (SSSR count). The lowest BCUT2D eigenvalue weighted by Crippen LogP contribution is -2.30. The van der Waals surface area contributed by atoms with Crippen molar-refractivity contribution in [1.29, 1.82) is 0 Å². The van der Waals surface area contributed by atoms with Gasteiger partial charge in [-0.2, -0.15) is 0 Å². The highest BCUT2D eigenvalue weighted by molar-refractivity contribution is 5.66. The number of rotatable bonds is 2. The quantitative estimate of drug-likeness (QED) is 0.690. The van der Waals surface area contributed by atoms with E-state index in [4.69, 9.17) is 0 Å². The van der Waals surface area contributed by atoms with E-state index in [0.29, 0.717) is 6.04 Å². The van der Waals surface area contributed by atoms with Crippen molar-refractivity contribution >= 4 is 6.21 Å². The van der Waals surface area contributed by atoms with E-state index < -0.39 is 0 Å². The minimum Gasteiger partial charge on any atom is -0.382 e. The lowest BCUT2D eigenvalue weighted by Gasteiger charge is -2.25. The number of hydrogen-bond acceptors (Lipinski definition) is 2. The number of hydrogen-bond donors (Lipinski definition) is 1. The van der Waals surface area contributed by atoms with Crippen LogP contribution in [0.3, 0.4) is 0 Å². The summed E-state index contributed by atoms with van der Waals surface area (Å²) in [6, 6.07) is 0.494. The Balaban J connectivity index is 1.76. The molecule has 13 heavy (non-hydrogen) atoms. The fourth-order valence-electron chi connectivity index (χ4n) is 2.32. The summed E-state index contributed by atoms with van der Waals surface area (Å²) in [6.07, 6.45) is 14.2. The van der Waals surface area contributed by atoms with Crippen molar-refractivity contribution in [3.8, 4) is 0 Å². The van der Waals surface area contributed by atoms with Crippen molar-refractivity contribution in [2.75, 3.05) is 0 Å². The number of nitrogens with zero attached hydrogens (tertiary/aromatic N) is 1. The maximum Gasteiger partial charge on any atom is 0.0613 e. The molecule has 1 atom stereocenters. The van der Waals surface area contributed by atoms with Gasteiger partial charge < -0.3 is 5.32 Å². The number of nitrogens with one attached hydrogen (secondary N) is 1. The monoisotopic (exact) mass is 178 g/mol. The molecule has 2 nitrogen and oxygen atoms in total. The zero-order chi connectivity index (χ0) is 8.93. The Hall–Kier alpha value is -0.790. The van der Waals surface area contributed by atoms with Crippen LogP contribution >= 0.6 is 0 Å². The zero-order valence-corrected chi connectivity index (χ0v) is 8.08. The molecule has 0 aromatic heterocycles. The molecular weight excluding hydrogens is 160 g/mol. The minimum absolute atomic E-state index is 0.494. The molecule has 2 heteroatoms. The Morgan fingerprint density at radius 1 is 1.23 bits per heavy atom. The first-order valence-electron chi connectivity index (χ1n) is 5.39. The molecule has 2 aliphatic rings. The first-order valence-corrected chi connectivity index (χ1v) is 5.39. The molecular formula is C11H18N2. The van der Waals surface area contributed by atoms with Crippen molar-refractivity contribution in [2.45, 2.75) is 44.6 Å². The summed E-state index contributed by atoms with van der Waals surface area (Å²) < 4.78 is 0. The van der Waals surface area contributed by atoms with Gasteiger partial charge >= 0.3 is 0 Å². The molecule has 72 valence electrons. The Kier molecular flexibility index (Phi) is 3.01. The second kappa shape index (κ2) is 4.45. The average molecular weight is 178 g/mol. The van der Waals surface area contributed by atoms with Crippen molar-refractivity contribution in [1.82, 2.24) is 5.32 Å². The SMILES string of the molecule is C1=CNC(CC2CCCCC2)C=N1. The van der Waals surface area contributed by atoms with Gasteiger partial charge in [-0.15, -0.1) is 0 Å². The molecule has 0 saturated heterocycles. The van der Waals surface area contributed by atoms with Crippen LogP contribution in [0.15, 0.2) is 17.4 Å². The van der Waals surface area contributed by atoms with Crippen LogP contribution in [-0.2, 0) is 0 Å². The van der Waals surface area contributed by atoms with Gasteiger partial charge in [-0.05, 0) is 12.3 Å². The third kappa shape index (κ3) is 2.58. The summed E-state index contributed by atoms with van der Waals surface area (Å²) in [5, 5.41) is 3.34. The van der Waals surface area contributed by atoms with Crippen LogP contribution in [0.4, 0.5) is 0 Å². The molecule has 1 N–H and O–H groups in total. The molecule has 0 aromatic carbocycles. The van der Waals surface area contributed by atoms with E-state index in [9.17, 15) is 0 Å². The Morgan fingerprint density at radius 2 is 2.08 bits per heavy atom. The zero-order valence-electron chi connectivity index (χ0n) is 8.08. The van der Waals surface area contributed by atoms with E-state index in [1.807, 2.05) is 18.6 Å². The molecule has 1 unspecified atom stereocenters. The van der Waals surface area contributed by atoms with Crippen LogP contribution in [0.1, 0.15) is 38.5 Å². The highest BCUT2D eigenvalue weighted by atomic mass is 14.9. The van der Waals surface area contributed by atoms with E-state index in [-0.39, 0.29) is 0 Å². The molecule has 1 heterocycles. The highest BCUT2D eigenvalue weighted by Crippen LogP contribution is 2.27. The predicted molar refractivity (Wildman–Crippen MR) is 55.7 cm³/mol. The van der Waals surface area contributed by atoms with Crippen LogP contribution in [0.5, 0.6) is 0 Å². The number of aliphatic imine (C=N–C) groups is 1. The van der Waals surface area contributed by atoms with Gasteiger partial charge in [-0.1, -0.05) is 32.1 Å². The topological polar surface area (TPSA) is 24.4 Å². The molecule has 0 amide bonds. The largest absolute Gasteiger partial charge is 0.382 e. The molecule has 0 aromatic rings. The summed E-state index contributed by atoms with van der Waals surface area (Å²) >= 11 is 0. The van der Waals surface area contributed by atoms with E-state index in [1.54, 1.807) is 0 Å². The van der Waals surface area contributed by atoms with Gasteiger partial charge in [-0.25, -0.2) is 0 Å². The molecule has 1 saturated carbocycles. The van der Waals surface area contributed by atoms with E-state index in [2.05, 4.69) is 10.3 Å². The van der Waals surface area contributed by atoms with Crippen LogP contribution in [0, 0.1) is 5.92 Å². The van der Waals surface area contributed by atoms with Crippen molar-refractivity contribution in [3.05, 3.63) is 12.4 Å². The van der Waals surface area contributed by atoms with Gasteiger partial charge in [0.25, 0.3) is 0 Å². The van der Waals surface area contributed by atoms with Gasteiger partial charge in [0.15, 0.2) is 0 Å². The van der Waals surface area contributed by atoms with E-state index >= 15 is 0 Å². The van der Waals surface area contributed by atoms with Crippen molar-refractivity contribution in [2.24, 2.45) is 10.9 Å². The van der Waals surface area contributed by atoms with Gasteiger partial charge in [0.2, 0.25) is 0 Å². The molecule has 1 aliphatic heterocycles. The molecule has 0 spiro atoms. The lowest BCUT2D eigenvalue weighted by atomic mass is 9.85. The van der Waals surface area contributed by atoms with Gasteiger partial charge in [0, 0.05) is 18.6 Å². The Morgan fingerprint density at radius 3 is 2.77 bits per heavy atom. The van der Waals surface area contributed by atoms with Gasteiger partial charge in [0.05, 0.1) is 6.04 Å². The van der Waals surface area contributed by atoms with Crippen molar-refractivity contribution < 1.29 is 0 Å². The third-order valence-electron chi connectivity index (χ3n) is 3.05. The third-order valence-corrected chi connectivity index (χ3v) is 3.05. The van der Waals surface area contributed by atoms with E-state index in [0.717, 1.165) is 5.92 Å². The summed E-state index contributed by atoms with van der Waals surface area (Å²) in [5.41, 5.74) is 0. The molecule has 0 bridgehead atoms. The first kappa shape index (κ1) is 8.79. The first-order chi connectivity index (χ1) is 6.45.